The molecule has 0 spiro atoms. The average molecular weight is 320 g/mol. The van der Waals surface area contributed by atoms with E-state index in [-0.39, 0.29) is 23.9 Å². The molecule has 0 aliphatic carbocycles. The second kappa shape index (κ2) is 7.21. The van der Waals surface area contributed by atoms with Crippen LogP contribution < -0.4 is 0 Å². The number of nitro benzene ring substituents is 1. The van der Waals surface area contributed by atoms with Gasteiger partial charge in [-0.3, -0.25) is 19.7 Å². The maximum Gasteiger partial charge on any atom is 0.303 e. The Morgan fingerprint density at radius 2 is 2.17 bits per heavy atom. The van der Waals surface area contributed by atoms with Gasteiger partial charge in [-0.05, 0) is 37.7 Å². The molecule has 1 heterocycles. The molecule has 2 rings (SSSR count). The van der Waals surface area contributed by atoms with Crippen LogP contribution in [0, 0.1) is 23.0 Å². The van der Waals surface area contributed by atoms with Crippen molar-refractivity contribution in [3.05, 3.63) is 39.4 Å². The van der Waals surface area contributed by atoms with Crippen molar-refractivity contribution in [1.82, 2.24) is 4.90 Å². The summed E-state index contributed by atoms with van der Waals surface area (Å²) in [5.41, 5.74) is 0.949. The largest absolute Gasteiger partial charge is 0.481 e. The number of piperidine rings is 1. The number of aryl methyl sites for hydroxylation is 1. The third-order valence-electron chi connectivity index (χ3n) is 4.24. The van der Waals surface area contributed by atoms with Crippen molar-refractivity contribution < 1.29 is 19.6 Å². The maximum absolute atomic E-state index is 12.7. The summed E-state index contributed by atoms with van der Waals surface area (Å²) in [6.07, 6.45) is 2.38. The lowest BCUT2D eigenvalue weighted by Crippen LogP contribution is -2.40. The van der Waals surface area contributed by atoms with Gasteiger partial charge in [-0.15, -0.1) is 0 Å². The predicted molar refractivity (Wildman–Crippen MR) is 83.3 cm³/mol. The highest BCUT2D eigenvalue weighted by Gasteiger charge is 2.26. The number of rotatable bonds is 5. The van der Waals surface area contributed by atoms with E-state index in [0.717, 1.165) is 12.8 Å². The Morgan fingerprint density at radius 1 is 1.43 bits per heavy atom. The van der Waals surface area contributed by atoms with E-state index >= 15 is 0 Å². The van der Waals surface area contributed by atoms with Crippen molar-refractivity contribution in [2.24, 2.45) is 5.92 Å². The minimum atomic E-state index is -0.831. The SMILES string of the molecule is Cc1ccc([N+](=O)[O-])cc1C(=O)N1CCCC(CCC(=O)O)C1. The molecule has 1 aromatic rings. The third kappa shape index (κ3) is 4.28. The van der Waals surface area contributed by atoms with Crippen LogP contribution in [-0.2, 0) is 4.79 Å². The molecule has 7 heteroatoms. The second-order valence-electron chi connectivity index (χ2n) is 5.95. The highest BCUT2D eigenvalue weighted by atomic mass is 16.6. The van der Waals surface area contributed by atoms with Gasteiger partial charge in [0.25, 0.3) is 11.6 Å². The number of carboxylic acids is 1. The van der Waals surface area contributed by atoms with Crippen LogP contribution >= 0.6 is 0 Å². The van der Waals surface area contributed by atoms with Gasteiger partial charge in [-0.1, -0.05) is 6.07 Å². The predicted octanol–water partition coefficient (Wildman–Crippen LogP) is 2.62. The topological polar surface area (TPSA) is 101 Å². The molecule has 1 aliphatic rings. The number of nitro groups is 1. The Labute approximate surface area is 134 Å². The minimum absolute atomic E-state index is 0.0987. The number of carboxylic acid groups (broad SMARTS) is 1. The molecule has 7 nitrogen and oxygen atoms in total. The van der Waals surface area contributed by atoms with Crippen molar-refractivity contribution in [2.45, 2.75) is 32.6 Å². The standard InChI is InChI=1S/C16H20N2O5/c1-11-4-6-13(18(22)23)9-14(11)16(21)17-8-2-3-12(10-17)5-7-15(19)20/h4,6,9,12H,2-3,5,7-8,10H2,1H3,(H,19,20). The van der Waals surface area contributed by atoms with Gasteiger partial charge in [0.05, 0.1) is 4.92 Å². The molecule has 1 fully saturated rings. The first-order chi connectivity index (χ1) is 10.9. The smallest absolute Gasteiger partial charge is 0.303 e. The summed E-state index contributed by atoms with van der Waals surface area (Å²) in [6.45, 7) is 2.86. The number of carbonyl (C=O) groups is 2. The normalized spacial score (nSPS) is 17.8. The van der Waals surface area contributed by atoms with Crippen LogP contribution in [0.5, 0.6) is 0 Å². The zero-order valence-electron chi connectivity index (χ0n) is 13.0. The van der Waals surface area contributed by atoms with Gasteiger partial charge < -0.3 is 10.0 Å². The van der Waals surface area contributed by atoms with E-state index in [9.17, 15) is 19.7 Å². The molecule has 0 bridgehead atoms. The number of hydrogen-bond acceptors (Lipinski definition) is 4. The Bertz CT molecular complexity index is 629. The molecule has 124 valence electrons. The van der Waals surface area contributed by atoms with Gasteiger partial charge in [0.15, 0.2) is 0 Å². The van der Waals surface area contributed by atoms with E-state index < -0.39 is 10.9 Å². The van der Waals surface area contributed by atoms with E-state index in [1.54, 1.807) is 17.9 Å². The molecule has 1 N–H and O–H groups in total. The quantitative estimate of drug-likeness (QED) is 0.664. The minimum Gasteiger partial charge on any atom is -0.481 e. The van der Waals surface area contributed by atoms with E-state index in [2.05, 4.69) is 0 Å². The Morgan fingerprint density at radius 3 is 2.83 bits per heavy atom. The van der Waals surface area contributed by atoms with Crippen molar-refractivity contribution in [1.29, 1.82) is 0 Å². The van der Waals surface area contributed by atoms with Crippen LogP contribution in [0.15, 0.2) is 18.2 Å². The zero-order chi connectivity index (χ0) is 17.0. The van der Waals surface area contributed by atoms with Crippen LogP contribution in [0.4, 0.5) is 5.69 Å². The third-order valence-corrected chi connectivity index (χ3v) is 4.24. The number of benzene rings is 1. The molecular formula is C16H20N2O5. The maximum atomic E-state index is 12.7. The Balaban J connectivity index is 2.11. The number of non-ortho nitro benzene ring substituents is 1. The lowest BCUT2D eigenvalue weighted by atomic mass is 9.92. The molecule has 1 saturated heterocycles. The fourth-order valence-electron chi connectivity index (χ4n) is 2.94. The highest BCUT2D eigenvalue weighted by Crippen LogP contribution is 2.25. The first-order valence-corrected chi connectivity index (χ1v) is 7.64. The lowest BCUT2D eigenvalue weighted by molar-refractivity contribution is -0.384. The van der Waals surface area contributed by atoms with Crippen molar-refractivity contribution in [3.63, 3.8) is 0 Å². The summed E-state index contributed by atoms with van der Waals surface area (Å²) in [6, 6.07) is 4.29. The van der Waals surface area contributed by atoms with Gasteiger partial charge in [0.2, 0.25) is 0 Å². The van der Waals surface area contributed by atoms with E-state index in [1.807, 2.05) is 0 Å². The molecule has 1 unspecified atom stereocenters. The van der Waals surface area contributed by atoms with Gasteiger partial charge in [0.1, 0.15) is 0 Å². The van der Waals surface area contributed by atoms with Crippen LogP contribution in [0.25, 0.3) is 0 Å². The van der Waals surface area contributed by atoms with Crippen molar-refractivity contribution in [3.8, 4) is 0 Å². The summed E-state index contributed by atoms with van der Waals surface area (Å²) in [5.74, 6) is -0.878. The molecule has 23 heavy (non-hydrogen) atoms. The van der Waals surface area contributed by atoms with Gasteiger partial charge >= 0.3 is 5.97 Å². The number of nitrogens with zero attached hydrogens (tertiary/aromatic N) is 2. The Kier molecular flexibility index (Phi) is 5.31. The summed E-state index contributed by atoms with van der Waals surface area (Å²) in [5, 5.41) is 19.7. The van der Waals surface area contributed by atoms with E-state index in [1.165, 1.54) is 12.1 Å². The molecule has 1 atom stereocenters. The van der Waals surface area contributed by atoms with E-state index in [4.69, 9.17) is 5.11 Å². The molecular weight excluding hydrogens is 300 g/mol. The van der Waals surface area contributed by atoms with Crippen LogP contribution in [-0.4, -0.2) is 39.9 Å². The summed E-state index contributed by atoms with van der Waals surface area (Å²) in [4.78, 5) is 35.4. The van der Waals surface area contributed by atoms with Crippen molar-refractivity contribution in [2.75, 3.05) is 13.1 Å². The van der Waals surface area contributed by atoms with Gasteiger partial charge in [-0.2, -0.15) is 0 Å². The first kappa shape index (κ1) is 16.9. The monoisotopic (exact) mass is 320 g/mol. The number of hydrogen-bond donors (Lipinski definition) is 1. The zero-order valence-corrected chi connectivity index (χ0v) is 13.0. The molecule has 0 saturated carbocycles. The highest BCUT2D eigenvalue weighted by molar-refractivity contribution is 5.96. The second-order valence-corrected chi connectivity index (χ2v) is 5.95. The van der Waals surface area contributed by atoms with Crippen LogP contribution in [0.1, 0.15) is 41.6 Å². The molecule has 0 aromatic heterocycles. The number of amides is 1. The van der Waals surface area contributed by atoms with Crippen molar-refractivity contribution >= 4 is 17.6 Å². The van der Waals surface area contributed by atoms with Crippen LogP contribution in [0.2, 0.25) is 0 Å². The van der Waals surface area contributed by atoms with Gasteiger partial charge in [0, 0.05) is 37.2 Å². The fraction of sp³-hybridized carbons (Fsp3) is 0.500. The van der Waals surface area contributed by atoms with Crippen LogP contribution in [0.3, 0.4) is 0 Å². The average Bonchev–Trinajstić information content (AvgIpc) is 2.52. The van der Waals surface area contributed by atoms with E-state index in [0.29, 0.717) is 30.6 Å². The summed E-state index contributed by atoms with van der Waals surface area (Å²) in [7, 11) is 0. The first-order valence-electron chi connectivity index (χ1n) is 7.64. The number of carbonyl (C=O) groups excluding carboxylic acids is 1. The fourth-order valence-corrected chi connectivity index (χ4v) is 2.94. The molecule has 1 amide bonds. The number of likely N-dealkylation sites (tertiary alicyclic amines) is 1. The lowest BCUT2D eigenvalue weighted by Gasteiger charge is -2.33. The molecule has 0 radical (unpaired) electrons. The summed E-state index contributed by atoms with van der Waals surface area (Å²) >= 11 is 0. The number of aliphatic carboxylic acids is 1. The molecule has 1 aromatic carbocycles. The van der Waals surface area contributed by atoms with Gasteiger partial charge in [-0.25, -0.2) is 0 Å². The Hall–Kier alpha value is -2.44. The summed E-state index contributed by atoms with van der Waals surface area (Å²) < 4.78 is 0. The molecule has 1 aliphatic heterocycles.